The van der Waals surface area contributed by atoms with E-state index in [9.17, 15) is 14.7 Å². The second kappa shape index (κ2) is 4.16. The summed E-state index contributed by atoms with van der Waals surface area (Å²) < 4.78 is 0.408. The van der Waals surface area contributed by atoms with E-state index in [4.69, 9.17) is 11.6 Å². The highest BCUT2D eigenvalue weighted by Gasteiger charge is 2.11. The number of aryl methyl sites for hydroxylation is 1. The number of aromatic hydroxyl groups is 1. The van der Waals surface area contributed by atoms with Crippen LogP contribution in [0.4, 0.5) is 0 Å². The molecule has 1 aromatic carbocycles. The molecule has 0 atom stereocenters. The van der Waals surface area contributed by atoms with Crippen LogP contribution in [0.5, 0.6) is 5.75 Å². The molecule has 1 heterocycles. The van der Waals surface area contributed by atoms with E-state index >= 15 is 0 Å². The quantitative estimate of drug-likeness (QED) is 0.783. The molecule has 0 aliphatic rings. The molecular formula is C11H7BrClNO3. The third-order valence-electron chi connectivity index (χ3n) is 2.38. The lowest BCUT2D eigenvalue weighted by Gasteiger charge is -2.02. The maximum absolute atomic E-state index is 11.8. The van der Waals surface area contributed by atoms with Crippen LogP contribution in [0.3, 0.4) is 0 Å². The first-order valence-corrected chi connectivity index (χ1v) is 5.84. The fourth-order valence-corrected chi connectivity index (χ4v) is 2.41. The standard InChI is InChI=1S/C11H7BrClNO3/c1-4-2-5-8(9(12)10(4)13)6(15)3-7(16)11(17)14-5/h2-3,16H,1H3,(H,14,17). The van der Waals surface area contributed by atoms with Gasteiger partial charge in [-0.2, -0.15) is 0 Å². The van der Waals surface area contributed by atoms with Crippen molar-refractivity contribution in [1.82, 2.24) is 4.98 Å². The van der Waals surface area contributed by atoms with E-state index in [0.29, 0.717) is 20.6 Å². The summed E-state index contributed by atoms with van der Waals surface area (Å²) >= 11 is 9.23. The second-order valence-electron chi connectivity index (χ2n) is 3.59. The van der Waals surface area contributed by atoms with Crippen molar-refractivity contribution in [2.24, 2.45) is 0 Å². The van der Waals surface area contributed by atoms with E-state index in [-0.39, 0.29) is 5.39 Å². The Morgan fingerprint density at radius 3 is 2.65 bits per heavy atom. The van der Waals surface area contributed by atoms with Crippen molar-refractivity contribution in [2.75, 3.05) is 0 Å². The van der Waals surface area contributed by atoms with Gasteiger partial charge in [0, 0.05) is 10.5 Å². The summed E-state index contributed by atoms with van der Waals surface area (Å²) in [5.41, 5.74) is -0.156. The molecule has 2 N–H and O–H groups in total. The maximum atomic E-state index is 11.8. The monoisotopic (exact) mass is 315 g/mol. The molecule has 0 unspecified atom stereocenters. The Morgan fingerprint density at radius 1 is 1.35 bits per heavy atom. The lowest BCUT2D eigenvalue weighted by atomic mass is 10.1. The third-order valence-corrected chi connectivity index (χ3v) is 3.89. The summed E-state index contributed by atoms with van der Waals surface area (Å²) in [5, 5.41) is 9.95. The predicted octanol–water partition coefficient (Wildman–Crippen LogP) is 2.32. The van der Waals surface area contributed by atoms with Crippen molar-refractivity contribution in [2.45, 2.75) is 6.92 Å². The van der Waals surface area contributed by atoms with Crippen molar-refractivity contribution in [1.29, 1.82) is 0 Å². The van der Waals surface area contributed by atoms with Gasteiger partial charge in [-0.25, -0.2) is 0 Å². The number of halogens is 2. The van der Waals surface area contributed by atoms with Gasteiger partial charge in [0.15, 0.2) is 11.2 Å². The molecule has 0 aliphatic heterocycles. The molecule has 1 aromatic heterocycles. The first-order valence-electron chi connectivity index (χ1n) is 4.66. The van der Waals surface area contributed by atoms with Crippen molar-refractivity contribution in [3.8, 4) is 5.75 Å². The van der Waals surface area contributed by atoms with E-state index in [1.54, 1.807) is 13.0 Å². The largest absolute Gasteiger partial charge is 0.503 e. The van der Waals surface area contributed by atoms with E-state index < -0.39 is 16.7 Å². The van der Waals surface area contributed by atoms with Crippen molar-refractivity contribution in [3.63, 3.8) is 0 Å². The van der Waals surface area contributed by atoms with E-state index in [1.807, 2.05) is 0 Å². The molecule has 6 heteroatoms. The molecule has 0 fully saturated rings. The van der Waals surface area contributed by atoms with Crippen molar-refractivity contribution < 1.29 is 5.11 Å². The number of H-pyrrole nitrogens is 1. The lowest BCUT2D eigenvalue weighted by molar-refractivity contribution is 0.468. The second-order valence-corrected chi connectivity index (χ2v) is 4.76. The average Bonchev–Trinajstić information content (AvgIpc) is 2.34. The van der Waals surface area contributed by atoms with E-state index in [0.717, 1.165) is 6.07 Å². The van der Waals surface area contributed by atoms with Gasteiger partial charge in [-0.1, -0.05) is 11.6 Å². The fraction of sp³-hybridized carbons (Fsp3) is 0.0909. The minimum atomic E-state index is -0.717. The van der Waals surface area contributed by atoms with Crippen LogP contribution in [0, 0.1) is 6.92 Å². The van der Waals surface area contributed by atoms with Gasteiger partial charge in [0.05, 0.1) is 15.9 Å². The molecule has 0 bridgehead atoms. The SMILES string of the molecule is Cc1cc2[nH]c(=O)c(O)cc(=O)c2c(Br)c1Cl. The highest BCUT2D eigenvalue weighted by molar-refractivity contribution is 9.10. The van der Waals surface area contributed by atoms with E-state index in [1.165, 1.54) is 0 Å². The normalized spacial score (nSPS) is 10.8. The summed E-state index contributed by atoms with van der Waals surface area (Å²) in [6.07, 6.45) is 0. The number of aromatic nitrogens is 1. The molecule has 0 aliphatic carbocycles. The van der Waals surface area contributed by atoms with Gasteiger partial charge < -0.3 is 10.1 Å². The average molecular weight is 317 g/mol. The predicted molar refractivity (Wildman–Crippen MR) is 70.0 cm³/mol. The van der Waals surface area contributed by atoms with Crippen LogP contribution in [-0.4, -0.2) is 10.1 Å². The molecule has 2 rings (SSSR count). The van der Waals surface area contributed by atoms with Crippen molar-refractivity contribution >= 4 is 38.4 Å². The Balaban J connectivity index is 3.20. The maximum Gasteiger partial charge on any atom is 0.290 e. The summed E-state index contributed by atoms with van der Waals surface area (Å²) in [6.45, 7) is 1.75. The Hall–Kier alpha value is -1.33. The third kappa shape index (κ3) is 1.96. The minimum Gasteiger partial charge on any atom is -0.503 e. The number of nitrogens with one attached hydrogen (secondary N) is 1. The molecule has 0 saturated carbocycles. The first kappa shape index (κ1) is 12.1. The van der Waals surface area contributed by atoms with Crippen LogP contribution in [0.2, 0.25) is 5.02 Å². The highest BCUT2D eigenvalue weighted by Crippen LogP contribution is 2.31. The highest BCUT2D eigenvalue weighted by atomic mass is 79.9. The molecule has 0 spiro atoms. The summed E-state index contributed by atoms with van der Waals surface area (Å²) in [5.74, 6) is -0.619. The molecule has 0 radical (unpaired) electrons. The number of fused-ring (bicyclic) bond motifs is 1. The minimum absolute atomic E-state index is 0.234. The molecule has 2 aromatic rings. The zero-order chi connectivity index (χ0) is 12.7. The zero-order valence-corrected chi connectivity index (χ0v) is 11.0. The van der Waals surface area contributed by atoms with Gasteiger partial charge in [0.1, 0.15) is 0 Å². The Labute approximate surface area is 109 Å². The Kier molecular flexibility index (Phi) is 2.97. The fourth-order valence-electron chi connectivity index (χ4n) is 1.54. The van der Waals surface area contributed by atoms with Gasteiger partial charge in [-0.15, -0.1) is 0 Å². The van der Waals surface area contributed by atoms with Gasteiger partial charge in [0.2, 0.25) is 0 Å². The van der Waals surface area contributed by atoms with Gasteiger partial charge in [0.25, 0.3) is 5.56 Å². The smallest absolute Gasteiger partial charge is 0.290 e. The molecule has 88 valence electrons. The van der Waals surface area contributed by atoms with Gasteiger partial charge in [-0.3, -0.25) is 9.59 Å². The first-order chi connectivity index (χ1) is 7.91. The number of rotatable bonds is 0. The van der Waals surface area contributed by atoms with Crippen LogP contribution in [0.15, 0.2) is 26.2 Å². The number of hydrogen-bond acceptors (Lipinski definition) is 3. The summed E-state index contributed by atoms with van der Waals surface area (Å²) in [6, 6.07) is 2.46. The molecule has 4 nitrogen and oxygen atoms in total. The van der Waals surface area contributed by atoms with Gasteiger partial charge >= 0.3 is 0 Å². The Bertz CT molecular complexity index is 739. The summed E-state index contributed by atoms with van der Waals surface area (Å²) in [7, 11) is 0. The lowest BCUT2D eigenvalue weighted by Crippen LogP contribution is -2.00. The van der Waals surface area contributed by atoms with Crippen LogP contribution in [0.1, 0.15) is 5.56 Å². The number of aromatic amines is 1. The molecule has 0 saturated heterocycles. The van der Waals surface area contributed by atoms with E-state index in [2.05, 4.69) is 20.9 Å². The molecule has 0 amide bonds. The molecular weight excluding hydrogens is 309 g/mol. The number of hydrogen-bond donors (Lipinski definition) is 2. The van der Waals surface area contributed by atoms with Crippen molar-refractivity contribution in [3.05, 3.63) is 47.8 Å². The zero-order valence-electron chi connectivity index (χ0n) is 8.67. The Morgan fingerprint density at radius 2 is 2.00 bits per heavy atom. The van der Waals surface area contributed by atoms with Crippen LogP contribution < -0.4 is 11.0 Å². The van der Waals surface area contributed by atoms with Crippen LogP contribution >= 0.6 is 27.5 Å². The molecule has 17 heavy (non-hydrogen) atoms. The number of benzene rings is 1. The summed E-state index contributed by atoms with van der Waals surface area (Å²) in [4.78, 5) is 25.7. The van der Waals surface area contributed by atoms with Crippen LogP contribution in [-0.2, 0) is 0 Å². The topological polar surface area (TPSA) is 70.2 Å². The van der Waals surface area contributed by atoms with Gasteiger partial charge in [-0.05, 0) is 34.5 Å². The van der Waals surface area contributed by atoms with Crippen LogP contribution in [0.25, 0.3) is 10.9 Å².